The Morgan fingerprint density at radius 1 is 1.00 bits per heavy atom. The summed E-state index contributed by atoms with van der Waals surface area (Å²) in [7, 11) is -1.90. The molecule has 0 aromatic heterocycles. The van der Waals surface area contributed by atoms with Crippen LogP contribution in [0, 0.1) is 0 Å². The van der Waals surface area contributed by atoms with Gasteiger partial charge in [-0.1, -0.05) is 35.3 Å². The van der Waals surface area contributed by atoms with Gasteiger partial charge in [-0.25, -0.2) is 8.42 Å². The lowest BCUT2D eigenvalue weighted by molar-refractivity contribution is -0.133. The van der Waals surface area contributed by atoms with E-state index in [1.165, 1.54) is 28.6 Å². The first-order valence-electron chi connectivity index (χ1n) is 9.22. The van der Waals surface area contributed by atoms with Crippen molar-refractivity contribution in [1.29, 1.82) is 0 Å². The molecular weight excluding hydrogens is 433 g/mol. The fourth-order valence-corrected chi connectivity index (χ4v) is 4.84. The summed E-state index contributed by atoms with van der Waals surface area (Å²) in [5, 5.41) is 0.954. The molecule has 0 spiro atoms. The van der Waals surface area contributed by atoms with Gasteiger partial charge >= 0.3 is 0 Å². The lowest BCUT2D eigenvalue weighted by atomic mass is 10.2. The minimum atomic E-state index is -3.90. The topological polar surface area (TPSA) is 60.9 Å². The summed E-state index contributed by atoms with van der Waals surface area (Å²) in [5.74, 6) is -0.210. The molecule has 0 atom stereocenters. The number of benzene rings is 2. The SMILES string of the molecule is CN1CCN(C(=O)CN(Cc2cccc(Cl)c2)S(=O)(=O)c2ccc(Cl)cc2)CC1. The van der Waals surface area contributed by atoms with Gasteiger partial charge in [-0.2, -0.15) is 4.31 Å². The van der Waals surface area contributed by atoms with Crippen LogP contribution >= 0.6 is 23.2 Å². The van der Waals surface area contributed by atoms with Crippen LogP contribution in [0.15, 0.2) is 53.4 Å². The number of halogens is 2. The Hall–Kier alpha value is -1.64. The maximum absolute atomic E-state index is 13.3. The summed E-state index contributed by atoms with van der Waals surface area (Å²) < 4.78 is 27.7. The molecule has 0 N–H and O–H groups in total. The second kappa shape index (κ2) is 9.45. The number of carbonyl (C=O) groups excluding carboxylic acids is 1. The summed E-state index contributed by atoms with van der Waals surface area (Å²) >= 11 is 12.0. The van der Waals surface area contributed by atoms with Gasteiger partial charge in [-0.05, 0) is 49.0 Å². The summed E-state index contributed by atoms with van der Waals surface area (Å²) in [6, 6.07) is 12.9. The van der Waals surface area contributed by atoms with E-state index >= 15 is 0 Å². The van der Waals surface area contributed by atoms with Crippen molar-refractivity contribution < 1.29 is 13.2 Å². The Balaban J connectivity index is 1.86. The van der Waals surface area contributed by atoms with Gasteiger partial charge in [0, 0.05) is 42.8 Å². The molecule has 1 aliphatic heterocycles. The Morgan fingerprint density at radius 2 is 1.66 bits per heavy atom. The van der Waals surface area contributed by atoms with E-state index in [1.54, 1.807) is 29.2 Å². The van der Waals surface area contributed by atoms with Crippen molar-refractivity contribution >= 4 is 39.1 Å². The Labute approximate surface area is 181 Å². The predicted octanol–water partition coefficient (Wildman–Crippen LogP) is 2.96. The number of rotatable bonds is 6. The zero-order valence-corrected chi connectivity index (χ0v) is 18.4. The predicted molar refractivity (Wildman–Crippen MR) is 115 cm³/mol. The number of hydrogen-bond acceptors (Lipinski definition) is 4. The highest BCUT2D eigenvalue weighted by atomic mass is 35.5. The van der Waals surface area contributed by atoms with Gasteiger partial charge in [0.25, 0.3) is 0 Å². The van der Waals surface area contributed by atoms with Crippen LogP contribution in [0.2, 0.25) is 10.0 Å². The Kier molecular flexibility index (Phi) is 7.19. The van der Waals surface area contributed by atoms with Gasteiger partial charge in [0.15, 0.2) is 0 Å². The van der Waals surface area contributed by atoms with Crippen LogP contribution in [0.3, 0.4) is 0 Å². The lowest BCUT2D eigenvalue weighted by Crippen LogP contribution is -2.50. The van der Waals surface area contributed by atoms with Crippen molar-refractivity contribution in [3.63, 3.8) is 0 Å². The van der Waals surface area contributed by atoms with Crippen molar-refractivity contribution in [2.24, 2.45) is 0 Å². The molecule has 0 bridgehead atoms. The summed E-state index contributed by atoms with van der Waals surface area (Å²) in [5.41, 5.74) is 0.709. The molecule has 0 saturated carbocycles. The molecule has 1 saturated heterocycles. The first-order valence-corrected chi connectivity index (χ1v) is 11.4. The number of carbonyl (C=O) groups is 1. The van der Waals surface area contributed by atoms with Crippen LogP contribution in [0.5, 0.6) is 0 Å². The van der Waals surface area contributed by atoms with Crippen molar-refractivity contribution in [2.45, 2.75) is 11.4 Å². The standard InChI is InChI=1S/C20H23Cl2N3O3S/c1-23-9-11-24(12-10-23)20(26)15-25(14-16-3-2-4-18(22)13-16)29(27,28)19-7-5-17(21)6-8-19/h2-8,13H,9-12,14-15H2,1H3. The second-order valence-corrected chi connectivity index (χ2v) is 9.85. The van der Waals surface area contributed by atoms with Gasteiger partial charge in [0.2, 0.25) is 15.9 Å². The summed E-state index contributed by atoms with van der Waals surface area (Å²) in [6.45, 7) is 2.52. The third-order valence-electron chi connectivity index (χ3n) is 4.87. The highest BCUT2D eigenvalue weighted by Gasteiger charge is 2.29. The fourth-order valence-electron chi connectivity index (χ4n) is 3.13. The monoisotopic (exact) mass is 455 g/mol. The zero-order valence-electron chi connectivity index (χ0n) is 16.1. The van der Waals surface area contributed by atoms with Crippen LogP contribution < -0.4 is 0 Å². The molecule has 2 aromatic rings. The van der Waals surface area contributed by atoms with Crippen LogP contribution in [-0.4, -0.2) is 68.2 Å². The molecule has 1 aliphatic rings. The van der Waals surface area contributed by atoms with E-state index < -0.39 is 10.0 Å². The summed E-state index contributed by atoms with van der Waals surface area (Å²) in [6.07, 6.45) is 0. The molecule has 2 aromatic carbocycles. The summed E-state index contributed by atoms with van der Waals surface area (Å²) in [4.78, 5) is 16.8. The van der Waals surface area contributed by atoms with Gasteiger partial charge in [-0.3, -0.25) is 4.79 Å². The molecule has 156 valence electrons. The van der Waals surface area contributed by atoms with Gasteiger partial charge in [-0.15, -0.1) is 0 Å². The van der Waals surface area contributed by atoms with Gasteiger partial charge < -0.3 is 9.80 Å². The largest absolute Gasteiger partial charge is 0.339 e. The van der Waals surface area contributed by atoms with Gasteiger partial charge in [0.05, 0.1) is 11.4 Å². The molecule has 6 nitrogen and oxygen atoms in total. The highest BCUT2D eigenvalue weighted by molar-refractivity contribution is 7.89. The fraction of sp³-hybridized carbons (Fsp3) is 0.350. The van der Waals surface area contributed by atoms with E-state index in [-0.39, 0.29) is 23.9 Å². The van der Waals surface area contributed by atoms with E-state index in [1.807, 2.05) is 7.05 Å². The third-order valence-corrected chi connectivity index (χ3v) is 7.16. The smallest absolute Gasteiger partial charge is 0.243 e. The van der Waals surface area contributed by atoms with Crippen molar-refractivity contribution in [2.75, 3.05) is 39.8 Å². The molecule has 1 fully saturated rings. The molecule has 3 rings (SSSR count). The maximum atomic E-state index is 13.3. The zero-order chi connectivity index (χ0) is 21.0. The van der Waals surface area contributed by atoms with E-state index in [2.05, 4.69) is 4.90 Å². The molecule has 0 aliphatic carbocycles. The van der Waals surface area contributed by atoms with Crippen LogP contribution in [0.4, 0.5) is 0 Å². The Bertz CT molecular complexity index is 959. The van der Waals surface area contributed by atoms with Crippen molar-refractivity contribution in [1.82, 2.24) is 14.1 Å². The normalized spacial score (nSPS) is 15.7. The molecule has 0 radical (unpaired) electrons. The first kappa shape index (κ1) is 22.1. The lowest BCUT2D eigenvalue weighted by Gasteiger charge is -2.33. The number of amides is 1. The van der Waals surface area contributed by atoms with Crippen LogP contribution in [0.25, 0.3) is 0 Å². The quantitative estimate of drug-likeness (QED) is 0.671. The van der Waals surface area contributed by atoms with Crippen LogP contribution in [0.1, 0.15) is 5.56 Å². The molecule has 29 heavy (non-hydrogen) atoms. The highest BCUT2D eigenvalue weighted by Crippen LogP contribution is 2.22. The number of nitrogens with zero attached hydrogens (tertiary/aromatic N) is 3. The first-order chi connectivity index (χ1) is 13.8. The van der Waals surface area contributed by atoms with Crippen molar-refractivity contribution in [3.05, 3.63) is 64.1 Å². The average molecular weight is 456 g/mol. The minimum absolute atomic E-state index is 0.0466. The molecule has 1 heterocycles. The van der Waals surface area contributed by atoms with E-state index in [0.717, 1.165) is 13.1 Å². The molecular formula is C20H23Cl2N3O3S. The number of sulfonamides is 1. The number of piperazine rings is 1. The molecule has 0 unspecified atom stereocenters. The Morgan fingerprint density at radius 3 is 2.28 bits per heavy atom. The number of hydrogen-bond donors (Lipinski definition) is 0. The van der Waals surface area contributed by atoms with E-state index in [9.17, 15) is 13.2 Å². The molecule has 1 amide bonds. The minimum Gasteiger partial charge on any atom is -0.339 e. The van der Waals surface area contributed by atoms with Gasteiger partial charge in [0.1, 0.15) is 0 Å². The van der Waals surface area contributed by atoms with E-state index in [0.29, 0.717) is 28.7 Å². The second-order valence-electron chi connectivity index (χ2n) is 7.04. The maximum Gasteiger partial charge on any atom is 0.243 e. The number of likely N-dealkylation sites (N-methyl/N-ethyl adjacent to an activating group) is 1. The van der Waals surface area contributed by atoms with E-state index in [4.69, 9.17) is 23.2 Å². The third kappa shape index (κ3) is 5.71. The van der Waals surface area contributed by atoms with Crippen LogP contribution in [-0.2, 0) is 21.4 Å². The average Bonchev–Trinajstić information content (AvgIpc) is 2.68. The molecule has 9 heteroatoms. The van der Waals surface area contributed by atoms with Crippen molar-refractivity contribution in [3.8, 4) is 0 Å².